The number of anilines is 2. The van der Waals surface area contributed by atoms with Crippen molar-refractivity contribution in [3.63, 3.8) is 0 Å². The highest BCUT2D eigenvalue weighted by molar-refractivity contribution is 7.91. The van der Waals surface area contributed by atoms with Crippen molar-refractivity contribution in [2.24, 2.45) is 0 Å². The zero-order valence-electron chi connectivity index (χ0n) is 10.6. The second-order valence-corrected chi connectivity index (χ2v) is 6.15. The van der Waals surface area contributed by atoms with Crippen LogP contribution in [0.2, 0.25) is 0 Å². The van der Waals surface area contributed by atoms with E-state index in [0.717, 1.165) is 5.56 Å². The molecule has 0 radical (unpaired) electrons. The first-order chi connectivity index (χ1) is 8.96. The molecule has 0 heterocycles. The van der Waals surface area contributed by atoms with Crippen LogP contribution in [0.15, 0.2) is 48.5 Å². The molecule has 0 aliphatic carbocycles. The molecule has 19 heavy (non-hydrogen) atoms. The van der Waals surface area contributed by atoms with Crippen LogP contribution in [0.1, 0.15) is 11.1 Å². The summed E-state index contributed by atoms with van der Waals surface area (Å²) >= 11 is 0. The molecule has 0 aliphatic heterocycles. The van der Waals surface area contributed by atoms with E-state index in [4.69, 9.17) is 5.73 Å². The quantitative estimate of drug-likeness (QED) is 0.843. The Balaban J connectivity index is 2.15. The molecule has 0 unspecified atom stereocenters. The summed E-state index contributed by atoms with van der Waals surface area (Å²) in [5.41, 5.74) is 8.47. The monoisotopic (exact) mass is 276 g/mol. The first-order valence-electron chi connectivity index (χ1n) is 5.87. The van der Waals surface area contributed by atoms with Crippen molar-refractivity contribution in [1.82, 2.24) is 0 Å². The maximum absolute atomic E-state index is 12.0. The number of nitrogen functional groups attached to an aromatic ring is 1. The topological polar surface area (TPSA) is 72.2 Å². The predicted molar refractivity (Wildman–Crippen MR) is 78.3 cm³/mol. The van der Waals surface area contributed by atoms with Crippen LogP contribution in [-0.2, 0) is 15.8 Å². The summed E-state index contributed by atoms with van der Waals surface area (Å²) in [6.45, 7) is 1.95. The number of para-hydroxylation sites is 1. The molecular formula is C14H16N2O2S. The van der Waals surface area contributed by atoms with Gasteiger partial charge in [0, 0.05) is 11.4 Å². The molecule has 2 aromatic rings. The predicted octanol–water partition coefficient (Wildman–Crippen LogP) is 2.52. The molecule has 2 aromatic carbocycles. The Bertz CT molecular complexity index is 664. The van der Waals surface area contributed by atoms with E-state index < -0.39 is 10.0 Å². The van der Waals surface area contributed by atoms with Crippen molar-refractivity contribution in [1.29, 1.82) is 0 Å². The lowest BCUT2D eigenvalue weighted by Crippen LogP contribution is -2.15. The molecule has 0 saturated carbocycles. The number of hydrogen-bond donors (Lipinski definition) is 2. The summed E-state index contributed by atoms with van der Waals surface area (Å²) in [4.78, 5) is 0. The molecule has 0 fully saturated rings. The van der Waals surface area contributed by atoms with E-state index in [9.17, 15) is 8.42 Å². The molecule has 3 N–H and O–H groups in total. The zero-order valence-corrected chi connectivity index (χ0v) is 11.4. The van der Waals surface area contributed by atoms with Crippen molar-refractivity contribution in [3.05, 3.63) is 59.7 Å². The second kappa shape index (κ2) is 5.32. The maximum atomic E-state index is 12.0. The van der Waals surface area contributed by atoms with Crippen molar-refractivity contribution >= 4 is 21.4 Å². The largest absolute Gasteiger partial charge is 0.398 e. The van der Waals surface area contributed by atoms with Crippen LogP contribution in [0.3, 0.4) is 0 Å². The van der Waals surface area contributed by atoms with Crippen molar-refractivity contribution < 1.29 is 8.42 Å². The Morgan fingerprint density at radius 2 is 1.68 bits per heavy atom. The van der Waals surface area contributed by atoms with E-state index in [1.54, 1.807) is 36.4 Å². The van der Waals surface area contributed by atoms with Crippen LogP contribution >= 0.6 is 0 Å². The average molecular weight is 276 g/mol. The second-order valence-electron chi connectivity index (χ2n) is 4.43. The Morgan fingerprint density at radius 1 is 1.05 bits per heavy atom. The molecule has 0 saturated heterocycles. The summed E-state index contributed by atoms with van der Waals surface area (Å²) in [5, 5.41) is 0. The highest BCUT2D eigenvalue weighted by Crippen LogP contribution is 2.17. The highest BCUT2D eigenvalue weighted by atomic mass is 32.2. The van der Waals surface area contributed by atoms with Gasteiger partial charge in [0.15, 0.2) is 0 Å². The molecule has 100 valence electrons. The molecular weight excluding hydrogens is 260 g/mol. The van der Waals surface area contributed by atoms with Gasteiger partial charge in [0.25, 0.3) is 0 Å². The number of aryl methyl sites for hydroxylation is 1. The van der Waals surface area contributed by atoms with Gasteiger partial charge in [0.05, 0.1) is 5.75 Å². The first kappa shape index (κ1) is 13.4. The van der Waals surface area contributed by atoms with E-state index >= 15 is 0 Å². The van der Waals surface area contributed by atoms with Gasteiger partial charge < -0.3 is 5.73 Å². The smallest absolute Gasteiger partial charge is 0.236 e. The molecule has 0 spiro atoms. The first-order valence-corrected chi connectivity index (χ1v) is 7.52. The van der Waals surface area contributed by atoms with Crippen molar-refractivity contribution in [2.75, 3.05) is 10.5 Å². The lowest BCUT2D eigenvalue weighted by Gasteiger charge is -2.09. The standard InChI is InChI=1S/C14H16N2O2S/c1-11-6-8-13(9-7-11)16-19(17,18)10-12-4-2-3-5-14(12)15/h2-9,16H,10,15H2,1H3. The normalized spacial score (nSPS) is 11.2. The summed E-state index contributed by atoms with van der Waals surface area (Å²) in [5.74, 6) is -0.131. The van der Waals surface area contributed by atoms with Crippen LogP contribution in [0.4, 0.5) is 11.4 Å². The van der Waals surface area contributed by atoms with Gasteiger partial charge in [-0.15, -0.1) is 0 Å². The molecule has 5 heteroatoms. The number of hydrogen-bond acceptors (Lipinski definition) is 3. The SMILES string of the molecule is Cc1ccc(NS(=O)(=O)Cc2ccccc2N)cc1. The molecule has 0 amide bonds. The number of nitrogens with one attached hydrogen (secondary N) is 1. The van der Waals surface area contributed by atoms with Crippen LogP contribution in [-0.4, -0.2) is 8.42 Å². The van der Waals surface area contributed by atoms with Gasteiger partial charge in [-0.2, -0.15) is 0 Å². The van der Waals surface area contributed by atoms with Gasteiger partial charge in [0.2, 0.25) is 10.0 Å². The summed E-state index contributed by atoms with van der Waals surface area (Å²) in [6, 6.07) is 14.1. The van der Waals surface area contributed by atoms with Crippen LogP contribution in [0, 0.1) is 6.92 Å². The molecule has 0 aromatic heterocycles. The Hall–Kier alpha value is -2.01. The third-order valence-corrected chi connectivity index (χ3v) is 3.96. The third-order valence-electron chi connectivity index (χ3n) is 2.73. The molecule has 0 aliphatic rings. The van der Waals surface area contributed by atoms with Crippen LogP contribution in [0.25, 0.3) is 0 Å². The Labute approximate surface area is 113 Å². The number of benzene rings is 2. The number of sulfonamides is 1. The minimum absolute atomic E-state index is 0.131. The number of rotatable bonds is 4. The minimum atomic E-state index is -3.45. The van der Waals surface area contributed by atoms with Crippen molar-refractivity contribution in [2.45, 2.75) is 12.7 Å². The van der Waals surface area contributed by atoms with Gasteiger partial charge in [-0.05, 0) is 30.7 Å². The molecule has 0 atom stereocenters. The van der Waals surface area contributed by atoms with Crippen molar-refractivity contribution in [3.8, 4) is 0 Å². The van der Waals surface area contributed by atoms with Gasteiger partial charge in [-0.3, -0.25) is 4.72 Å². The van der Waals surface area contributed by atoms with E-state index in [1.165, 1.54) is 0 Å². The summed E-state index contributed by atoms with van der Waals surface area (Å²) < 4.78 is 26.6. The Kier molecular flexibility index (Phi) is 3.76. The fraction of sp³-hybridized carbons (Fsp3) is 0.143. The molecule has 0 bridgehead atoms. The Morgan fingerprint density at radius 3 is 2.32 bits per heavy atom. The number of nitrogens with two attached hydrogens (primary N) is 1. The lowest BCUT2D eigenvalue weighted by atomic mass is 10.2. The summed E-state index contributed by atoms with van der Waals surface area (Å²) in [6.07, 6.45) is 0. The fourth-order valence-electron chi connectivity index (χ4n) is 1.71. The average Bonchev–Trinajstić information content (AvgIpc) is 2.35. The zero-order chi connectivity index (χ0) is 13.9. The third kappa shape index (κ3) is 3.72. The summed E-state index contributed by atoms with van der Waals surface area (Å²) in [7, 11) is -3.45. The fourth-order valence-corrected chi connectivity index (χ4v) is 2.95. The van der Waals surface area contributed by atoms with Gasteiger partial charge >= 0.3 is 0 Å². The van der Waals surface area contributed by atoms with Crippen LogP contribution < -0.4 is 10.5 Å². The van der Waals surface area contributed by atoms with Gasteiger partial charge in [-0.1, -0.05) is 35.9 Å². The maximum Gasteiger partial charge on any atom is 0.236 e. The highest BCUT2D eigenvalue weighted by Gasteiger charge is 2.13. The van der Waals surface area contributed by atoms with Gasteiger partial charge in [-0.25, -0.2) is 8.42 Å². The van der Waals surface area contributed by atoms with E-state index in [0.29, 0.717) is 16.9 Å². The van der Waals surface area contributed by atoms with E-state index in [-0.39, 0.29) is 5.75 Å². The minimum Gasteiger partial charge on any atom is -0.398 e. The van der Waals surface area contributed by atoms with Crippen LogP contribution in [0.5, 0.6) is 0 Å². The molecule has 4 nitrogen and oxygen atoms in total. The van der Waals surface area contributed by atoms with E-state index in [1.807, 2.05) is 19.1 Å². The lowest BCUT2D eigenvalue weighted by molar-refractivity contribution is 0.600. The van der Waals surface area contributed by atoms with E-state index in [2.05, 4.69) is 4.72 Å². The van der Waals surface area contributed by atoms with Gasteiger partial charge in [0.1, 0.15) is 0 Å². The molecule has 2 rings (SSSR count).